The highest BCUT2D eigenvalue weighted by Gasteiger charge is 2.21. The first kappa shape index (κ1) is 28.2. The molecule has 0 aliphatic rings. The summed E-state index contributed by atoms with van der Waals surface area (Å²) in [6, 6.07) is 5.64. The lowest BCUT2D eigenvalue weighted by atomic mass is 10.1. The van der Waals surface area contributed by atoms with Crippen molar-refractivity contribution in [2.75, 3.05) is 13.2 Å². The van der Waals surface area contributed by atoms with E-state index in [4.69, 9.17) is 14.2 Å². The maximum absolute atomic E-state index is 13.5. The molecule has 2 aromatic rings. The molecular formula is C29H41NO5. The Labute approximate surface area is 209 Å². The number of unbranched alkanes of at least 4 members (excludes halogenated alkanes) is 2. The second-order valence-corrected chi connectivity index (χ2v) is 9.12. The fourth-order valence-electron chi connectivity index (χ4n) is 3.68. The Morgan fingerprint density at radius 2 is 1.71 bits per heavy atom. The van der Waals surface area contributed by atoms with Crippen LogP contribution in [0.4, 0.5) is 0 Å². The number of esters is 1. The van der Waals surface area contributed by atoms with E-state index in [1.165, 1.54) is 18.1 Å². The van der Waals surface area contributed by atoms with Crippen molar-refractivity contribution < 1.29 is 19.0 Å². The summed E-state index contributed by atoms with van der Waals surface area (Å²) in [7, 11) is 0. The van der Waals surface area contributed by atoms with Crippen LogP contribution in [0, 0.1) is 0 Å². The average molecular weight is 484 g/mol. The average Bonchev–Trinajstić information content (AvgIpc) is 2.80. The molecule has 0 atom stereocenters. The summed E-state index contributed by atoms with van der Waals surface area (Å²) in [5.74, 6) is 0.385. The maximum Gasteiger partial charge on any atom is 0.308 e. The predicted molar refractivity (Wildman–Crippen MR) is 143 cm³/mol. The number of nitrogens with zero attached hydrogens (tertiary/aromatic N) is 1. The number of carbonyl (C=O) groups excluding carboxylic acids is 1. The number of rotatable bonds is 14. The molecule has 192 valence electrons. The van der Waals surface area contributed by atoms with Gasteiger partial charge in [-0.1, -0.05) is 43.9 Å². The van der Waals surface area contributed by atoms with Crippen molar-refractivity contribution in [2.24, 2.45) is 0 Å². The van der Waals surface area contributed by atoms with Gasteiger partial charge in [-0.15, -0.1) is 0 Å². The molecule has 2 rings (SSSR count). The van der Waals surface area contributed by atoms with Crippen molar-refractivity contribution >= 4 is 16.9 Å². The number of carbonyl (C=O) groups is 1. The quantitative estimate of drug-likeness (QED) is 0.165. The van der Waals surface area contributed by atoms with Gasteiger partial charge in [0.15, 0.2) is 5.75 Å². The number of ether oxygens (including phenoxy) is 3. The normalized spacial score (nSPS) is 11.4. The number of aryl methyl sites for hydroxylation is 1. The van der Waals surface area contributed by atoms with Crippen LogP contribution in [-0.4, -0.2) is 23.8 Å². The minimum atomic E-state index is -0.554. The Kier molecular flexibility index (Phi) is 11.6. The summed E-state index contributed by atoms with van der Waals surface area (Å²) in [5, 5.41) is 0.718. The second-order valence-electron chi connectivity index (χ2n) is 9.12. The zero-order valence-electron chi connectivity index (χ0n) is 22.2. The molecule has 0 aliphatic carbocycles. The first-order valence-electron chi connectivity index (χ1n) is 12.7. The Bertz CT molecular complexity index is 1110. The minimum absolute atomic E-state index is 0.0589. The molecule has 35 heavy (non-hydrogen) atoms. The van der Waals surface area contributed by atoms with Gasteiger partial charge in [-0.05, 0) is 64.7 Å². The first-order valence-corrected chi connectivity index (χ1v) is 12.7. The van der Waals surface area contributed by atoms with E-state index in [9.17, 15) is 9.59 Å². The van der Waals surface area contributed by atoms with Crippen LogP contribution >= 0.6 is 0 Å². The lowest BCUT2D eigenvalue weighted by Crippen LogP contribution is -2.25. The molecule has 0 saturated heterocycles. The van der Waals surface area contributed by atoms with E-state index >= 15 is 0 Å². The SMILES string of the molecule is CCCCOc1ccc2c(OC/C=C(\C)CCC=C(C)C)c(OC(C)=O)c(=O)n(CCCC)c2c1. The number of benzene rings is 1. The van der Waals surface area contributed by atoms with Gasteiger partial charge in [-0.2, -0.15) is 0 Å². The number of hydrogen-bond donors (Lipinski definition) is 0. The third-order valence-corrected chi connectivity index (χ3v) is 5.65. The van der Waals surface area contributed by atoms with Gasteiger partial charge in [0.05, 0.1) is 12.1 Å². The highest BCUT2D eigenvalue weighted by atomic mass is 16.6. The summed E-state index contributed by atoms with van der Waals surface area (Å²) >= 11 is 0. The number of pyridine rings is 1. The van der Waals surface area contributed by atoms with E-state index in [0.717, 1.165) is 43.9 Å². The third kappa shape index (κ3) is 8.61. The molecule has 1 heterocycles. The number of hydrogen-bond acceptors (Lipinski definition) is 5. The van der Waals surface area contributed by atoms with Gasteiger partial charge in [0.2, 0.25) is 5.75 Å². The van der Waals surface area contributed by atoms with Gasteiger partial charge in [0.25, 0.3) is 5.56 Å². The van der Waals surface area contributed by atoms with Gasteiger partial charge in [0, 0.05) is 24.9 Å². The van der Waals surface area contributed by atoms with Crippen molar-refractivity contribution in [1.82, 2.24) is 4.57 Å². The van der Waals surface area contributed by atoms with Crippen molar-refractivity contribution in [3.63, 3.8) is 0 Å². The highest BCUT2D eigenvalue weighted by Crippen LogP contribution is 2.35. The van der Waals surface area contributed by atoms with Gasteiger partial charge in [-0.3, -0.25) is 9.59 Å². The summed E-state index contributed by atoms with van der Waals surface area (Å²) in [6.07, 6.45) is 9.87. The van der Waals surface area contributed by atoms with Crippen LogP contribution in [0.1, 0.15) is 80.1 Å². The van der Waals surface area contributed by atoms with Crippen molar-refractivity contribution in [3.05, 3.63) is 51.9 Å². The van der Waals surface area contributed by atoms with Crippen LogP contribution in [-0.2, 0) is 11.3 Å². The van der Waals surface area contributed by atoms with Crippen molar-refractivity contribution in [2.45, 2.75) is 86.6 Å². The number of aromatic nitrogens is 1. The Balaban J connectivity index is 2.50. The molecule has 0 bridgehead atoms. The smallest absolute Gasteiger partial charge is 0.308 e. The van der Waals surface area contributed by atoms with Crippen LogP contribution in [0.25, 0.3) is 10.9 Å². The van der Waals surface area contributed by atoms with Gasteiger partial charge in [-0.25, -0.2) is 0 Å². The van der Waals surface area contributed by atoms with E-state index < -0.39 is 5.97 Å². The highest BCUT2D eigenvalue weighted by molar-refractivity contribution is 5.90. The topological polar surface area (TPSA) is 66.8 Å². The lowest BCUT2D eigenvalue weighted by Gasteiger charge is -2.18. The molecular weight excluding hydrogens is 442 g/mol. The van der Waals surface area contributed by atoms with Crippen LogP contribution in [0.5, 0.6) is 17.2 Å². The number of fused-ring (bicyclic) bond motifs is 1. The zero-order chi connectivity index (χ0) is 25.8. The second kappa shape index (κ2) is 14.4. The van der Waals surface area contributed by atoms with Gasteiger partial charge >= 0.3 is 5.97 Å². The van der Waals surface area contributed by atoms with E-state index in [1.54, 1.807) is 4.57 Å². The fraction of sp³-hybridized carbons (Fsp3) is 0.517. The van der Waals surface area contributed by atoms with E-state index in [-0.39, 0.29) is 17.9 Å². The zero-order valence-corrected chi connectivity index (χ0v) is 22.2. The summed E-state index contributed by atoms with van der Waals surface area (Å²) in [5.41, 5.74) is 2.84. The molecule has 0 saturated carbocycles. The molecule has 0 amide bonds. The summed E-state index contributed by atoms with van der Waals surface area (Å²) < 4.78 is 19.1. The first-order chi connectivity index (χ1) is 16.8. The molecule has 0 radical (unpaired) electrons. The van der Waals surface area contributed by atoms with Crippen LogP contribution in [0.3, 0.4) is 0 Å². The Morgan fingerprint density at radius 3 is 2.37 bits per heavy atom. The van der Waals surface area contributed by atoms with Crippen molar-refractivity contribution in [3.8, 4) is 17.2 Å². The lowest BCUT2D eigenvalue weighted by molar-refractivity contribution is -0.132. The van der Waals surface area contributed by atoms with Crippen molar-refractivity contribution in [1.29, 1.82) is 0 Å². The molecule has 6 nitrogen and oxygen atoms in total. The molecule has 0 aliphatic heterocycles. The molecule has 0 unspecified atom stereocenters. The molecule has 1 aromatic heterocycles. The maximum atomic E-state index is 13.5. The van der Waals surface area contributed by atoms with Crippen LogP contribution in [0.2, 0.25) is 0 Å². The number of allylic oxidation sites excluding steroid dienone is 3. The molecule has 0 fully saturated rings. The minimum Gasteiger partial charge on any atom is -0.494 e. The van der Waals surface area contributed by atoms with Gasteiger partial charge in [0.1, 0.15) is 12.4 Å². The molecule has 1 aromatic carbocycles. The Morgan fingerprint density at radius 1 is 0.971 bits per heavy atom. The predicted octanol–water partition coefficient (Wildman–Crippen LogP) is 6.98. The van der Waals surface area contributed by atoms with E-state index in [0.29, 0.717) is 30.2 Å². The van der Waals surface area contributed by atoms with E-state index in [1.807, 2.05) is 24.3 Å². The standard InChI is InChI=1S/C29H41NO5/c1-7-9-17-30-26-20-24(33-18-10-8-2)14-15-25(26)27(28(29(30)32)35-23(6)31)34-19-16-22(5)13-11-12-21(3)4/h12,14-16,20H,7-11,13,17-19H2,1-6H3/b22-16+. The summed E-state index contributed by atoms with van der Waals surface area (Å²) in [6.45, 7) is 13.1. The van der Waals surface area contributed by atoms with Crippen LogP contribution in [0.15, 0.2) is 46.3 Å². The van der Waals surface area contributed by atoms with Crippen LogP contribution < -0.4 is 19.8 Å². The third-order valence-electron chi connectivity index (χ3n) is 5.65. The summed E-state index contributed by atoms with van der Waals surface area (Å²) in [4.78, 5) is 25.3. The molecule has 0 N–H and O–H groups in total. The monoisotopic (exact) mass is 483 g/mol. The van der Waals surface area contributed by atoms with E-state index in [2.05, 4.69) is 40.7 Å². The largest absolute Gasteiger partial charge is 0.494 e. The molecule has 0 spiro atoms. The fourth-order valence-corrected chi connectivity index (χ4v) is 3.68. The molecule has 6 heteroatoms. The Hall–Kier alpha value is -3.02. The van der Waals surface area contributed by atoms with Gasteiger partial charge < -0.3 is 18.8 Å².